The number of ether oxygens (including phenoxy) is 1. The Labute approximate surface area is 169 Å². The van der Waals surface area contributed by atoms with Crippen molar-refractivity contribution in [1.82, 2.24) is 5.32 Å². The van der Waals surface area contributed by atoms with Crippen molar-refractivity contribution in [2.45, 2.75) is 12.5 Å². The number of benzene rings is 2. The maximum absolute atomic E-state index is 11.2. The fourth-order valence-electron chi connectivity index (χ4n) is 2.28. The van der Waals surface area contributed by atoms with Crippen molar-refractivity contribution in [3.05, 3.63) is 58.1 Å². The van der Waals surface area contributed by atoms with Crippen LogP contribution in [0.2, 0.25) is 10.0 Å². The predicted molar refractivity (Wildman–Crippen MR) is 109 cm³/mol. The number of aliphatic hydroxyl groups is 1. The number of halogens is 2. The lowest BCUT2D eigenvalue weighted by Gasteiger charge is -2.14. The van der Waals surface area contributed by atoms with E-state index in [1.54, 1.807) is 30.3 Å². The van der Waals surface area contributed by atoms with E-state index in [0.717, 1.165) is 18.2 Å². The van der Waals surface area contributed by atoms with Gasteiger partial charge in [0.1, 0.15) is 18.5 Å². The number of aliphatic hydroxyl groups excluding tert-OH is 1. The summed E-state index contributed by atoms with van der Waals surface area (Å²) in [5.41, 5.74) is 1.51. The maximum Gasteiger partial charge on any atom is 0.229 e. The number of sulfonamides is 1. The Morgan fingerprint density at radius 1 is 1.11 bits per heavy atom. The van der Waals surface area contributed by atoms with E-state index in [4.69, 9.17) is 27.9 Å². The van der Waals surface area contributed by atoms with E-state index in [2.05, 4.69) is 10.0 Å². The molecule has 0 aromatic heterocycles. The van der Waals surface area contributed by atoms with Crippen molar-refractivity contribution >= 4 is 38.9 Å². The molecule has 27 heavy (non-hydrogen) atoms. The molecule has 0 heterocycles. The Morgan fingerprint density at radius 3 is 2.44 bits per heavy atom. The molecule has 3 N–H and O–H groups in total. The van der Waals surface area contributed by atoms with Gasteiger partial charge < -0.3 is 15.2 Å². The predicted octanol–water partition coefficient (Wildman–Crippen LogP) is 2.94. The summed E-state index contributed by atoms with van der Waals surface area (Å²) in [4.78, 5) is 0. The lowest BCUT2D eigenvalue weighted by atomic mass is 10.1. The van der Waals surface area contributed by atoms with Gasteiger partial charge in [0.05, 0.1) is 16.3 Å². The molecule has 0 saturated carbocycles. The normalized spacial score (nSPS) is 12.6. The molecule has 2 aromatic rings. The van der Waals surface area contributed by atoms with E-state index >= 15 is 0 Å². The van der Waals surface area contributed by atoms with Crippen molar-refractivity contribution in [2.75, 3.05) is 30.7 Å². The first kappa shape index (κ1) is 21.8. The van der Waals surface area contributed by atoms with E-state index in [9.17, 15) is 13.5 Å². The first-order chi connectivity index (χ1) is 12.7. The van der Waals surface area contributed by atoms with Crippen LogP contribution in [-0.4, -0.2) is 45.6 Å². The molecule has 0 unspecified atom stereocenters. The van der Waals surface area contributed by atoms with Crippen LogP contribution in [0.25, 0.3) is 0 Å². The highest BCUT2D eigenvalue weighted by molar-refractivity contribution is 7.92. The SMILES string of the molecule is CS(=O)(=O)Nc1ccc(OC[C@H](O)CNCCc2ccc(Cl)c(Cl)c2)cc1. The minimum Gasteiger partial charge on any atom is -0.491 e. The second-order valence-corrected chi connectivity index (χ2v) is 8.63. The Bertz CT molecular complexity index is 845. The number of hydrogen-bond donors (Lipinski definition) is 3. The molecule has 9 heteroatoms. The summed E-state index contributed by atoms with van der Waals surface area (Å²) in [5.74, 6) is 0.545. The van der Waals surface area contributed by atoms with Gasteiger partial charge >= 0.3 is 0 Å². The van der Waals surface area contributed by atoms with Crippen molar-refractivity contribution in [2.24, 2.45) is 0 Å². The Balaban J connectivity index is 1.67. The largest absolute Gasteiger partial charge is 0.491 e. The first-order valence-corrected chi connectivity index (χ1v) is 10.9. The third-order valence-corrected chi connectivity index (χ3v) is 4.90. The van der Waals surface area contributed by atoms with Crippen LogP contribution >= 0.6 is 23.2 Å². The number of anilines is 1. The van der Waals surface area contributed by atoms with Crippen LogP contribution in [-0.2, 0) is 16.4 Å². The van der Waals surface area contributed by atoms with Crippen LogP contribution in [0.5, 0.6) is 5.75 Å². The molecule has 0 saturated heterocycles. The second kappa shape index (κ2) is 10.1. The van der Waals surface area contributed by atoms with Crippen molar-refractivity contribution in [3.63, 3.8) is 0 Å². The van der Waals surface area contributed by atoms with Gasteiger partial charge in [-0.15, -0.1) is 0 Å². The maximum atomic E-state index is 11.2. The number of rotatable bonds is 10. The highest BCUT2D eigenvalue weighted by Crippen LogP contribution is 2.22. The van der Waals surface area contributed by atoms with Gasteiger partial charge in [0.25, 0.3) is 0 Å². The highest BCUT2D eigenvalue weighted by Gasteiger charge is 2.06. The van der Waals surface area contributed by atoms with Crippen molar-refractivity contribution in [1.29, 1.82) is 0 Å². The average Bonchev–Trinajstić information content (AvgIpc) is 2.60. The Hall–Kier alpha value is -1.51. The monoisotopic (exact) mass is 432 g/mol. The molecule has 6 nitrogen and oxygen atoms in total. The van der Waals surface area contributed by atoms with E-state index in [-0.39, 0.29) is 6.61 Å². The highest BCUT2D eigenvalue weighted by atomic mass is 35.5. The van der Waals surface area contributed by atoms with E-state index < -0.39 is 16.1 Å². The van der Waals surface area contributed by atoms with Gasteiger partial charge in [0.15, 0.2) is 0 Å². The third kappa shape index (κ3) is 8.36. The van der Waals surface area contributed by atoms with Crippen LogP contribution < -0.4 is 14.8 Å². The van der Waals surface area contributed by atoms with Crippen LogP contribution in [0, 0.1) is 0 Å². The summed E-state index contributed by atoms with van der Waals surface area (Å²) in [7, 11) is -3.31. The van der Waals surface area contributed by atoms with Crippen LogP contribution in [0.15, 0.2) is 42.5 Å². The molecular formula is C18H22Cl2N2O4S. The quantitative estimate of drug-likeness (QED) is 0.502. The van der Waals surface area contributed by atoms with Gasteiger partial charge in [-0.2, -0.15) is 0 Å². The number of nitrogens with one attached hydrogen (secondary N) is 2. The molecular weight excluding hydrogens is 411 g/mol. The molecule has 0 bridgehead atoms. The zero-order chi connectivity index (χ0) is 19.9. The molecule has 0 fully saturated rings. The average molecular weight is 433 g/mol. The fraction of sp³-hybridized carbons (Fsp3) is 0.333. The molecule has 0 spiro atoms. The summed E-state index contributed by atoms with van der Waals surface area (Å²) >= 11 is 11.9. The van der Waals surface area contributed by atoms with Gasteiger partial charge in [-0.05, 0) is 54.9 Å². The van der Waals surface area contributed by atoms with Gasteiger partial charge in [0, 0.05) is 12.2 Å². The molecule has 0 aliphatic rings. The molecule has 0 amide bonds. The summed E-state index contributed by atoms with van der Waals surface area (Å²) in [6.07, 6.45) is 1.18. The van der Waals surface area contributed by atoms with Gasteiger partial charge in [-0.3, -0.25) is 4.72 Å². The lowest BCUT2D eigenvalue weighted by Crippen LogP contribution is -2.32. The molecule has 0 aliphatic heterocycles. The minimum absolute atomic E-state index is 0.124. The first-order valence-electron chi connectivity index (χ1n) is 8.26. The van der Waals surface area contributed by atoms with Crippen LogP contribution in [0.3, 0.4) is 0 Å². The summed E-state index contributed by atoms with van der Waals surface area (Å²) in [5, 5.41) is 14.2. The Morgan fingerprint density at radius 2 is 1.81 bits per heavy atom. The Kier molecular flexibility index (Phi) is 8.19. The van der Waals surface area contributed by atoms with Crippen molar-refractivity contribution < 1.29 is 18.3 Å². The zero-order valence-corrected chi connectivity index (χ0v) is 17.1. The van der Waals surface area contributed by atoms with E-state index in [1.807, 2.05) is 12.1 Å². The summed E-state index contributed by atoms with van der Waals surface area (Å²) in [6.45, 7) is 1.19. The number of hydrogen-bond acceptors (Lipinski definition) is 5. The molecule has 2 rings (SSSR count). The topological polar surface area (TPSA) is 87.7 Å². The van der Waals surface area contributed by atoms with Crippen LogP contribution in [0.1, 0.15) is 5.56 Å². The smallest absolute Gasteiger partial charge is 0.229 e. The molecule has 0 aliphatic carbocycles. The second-order valence-electron chi connectivity index (χ2n) is 6.07. The zero-order valence-electron chi connectivity index (χ0n) is 14.8. The van der Waals surface area contributed by atoms with Gasteiger partial charge in [-0.25, -0.2) is 8.42 Å². The molecule has 2 aromatic carbocycles. The molecule has 1 atom stereocenters. The lowest BCUT2D eigenvalue weighted by molar-refractivity contribution is 0.106. The summed E-state index contributed by atoms with van der Waals surface area (Å²) in [6, 6.07) is 12.0. The van der Waals surface area contributed by atoms with E-state index in [0.29, 0.717) is 34.6 Å². The molecule has 148 valence electrons. The third-order valence-electron chi connectivity index (χ3n) is 3.55. The summed E-state index contributed by atoms with van der Waals surface area (Å²) < 4.78 is 30.2. The van der Waals surface area contributed by atoms with Crippen molar-refractivity contribution in [3.8, 4) is 5.75 Å². The van der Waals surface area contributed by atoms with E-state index in [1.165, 1.54) is 0 Å². The van der Waals surface area contributed by atoms with Crippen LogP contribution in [0.4, 0.5) is 5.69 Å². The van der Waals surface area contributed by atoms with Gasteiger partial charge in [0.2, 0.25) is 10.0 Å². The standard InChI is InChI=1S/C18H22Cl2N2O4S/c1-27(24,25)22-14-3-5-16(6-4-14)26-12-15(23)11-21-9-8-13-2-7-17(19)18(20)10-13/h2-7,10,15,21-23H,8-9,11-12H2,1H3/t15-/m1/s1. The van der Waals surface area contributed by atoms with Gasteiger partial charge in [-0.1, -0.05) is 29.3 Å². The minimum atomic E-state index is -3.31. The fourth-order valence-corrected chi connectivity index (χ4v) is 3.17. The molecule has 0 radical (unpaired) electrons.